The molecule has 1 aromatic heterocycles. The van der Waals surface area contributed by atoms with Crippen molar-refractivity contribution in [2.24, 2.45) is 0 Å². The predicted molar refractivity (Wildman–Crippen MR) is 118 cm³/mol. The van der Waals surface area contributed by atoms with Gasteiger partial charge in [-0.05, 0) is 67.6 Å². The first-order valence-corrected chi connectivity index (χ1v) is 11.4. The van der Waals surface area contributed by atoms with Gasteiger partial charge in [-0.3, -0.25) is 9.69 Å². The van der Waals surface area contributed by atoms with Crippen LogP contribution >= 0.6 is 22.9 Å². The molecule has 158 valence electrons. The molecule has 1 N–H and O–H groups in total. The van der Waals surface area contributed by atoms with Crippen LogP contribution in [0.25, 0.3) is 0 Å². The molecule has 0 spiro atoms. The zero-order valence-corrected chi connectivity index (χ0v) is 18.6. The average Bonchev–Trinajstić information content (AvgIpc) is 3.16. The Kier molecular flexibility index (Phi) is 7.95. The maximum Gasteiger partial charge on any atom is 0.237 e. The van der Waals surface area contributed by atoms with E-state index in [1.54, 1.807) is 30.4 Å². The van der Waals surface area contributed by atoms with Crippen LogP contribution in [0.1, 0.15) is 36.8 Å². The monoisotopic (exact) mass is 436 g/mol. The fourth-order valence-electron chi connectivity index (χ4n) is 3.79. The standard InChI is InChI=1S/C22H29ClN2O3S/c1-3-10-24(13-16(2)26)14-22(27)25-11-8-21-19(9-12-29-21)20(25)15-28-18-6-4-17(23)5-7-18/h4-7,9,12,16,20,26H,3,8,10-11,13-15H2,1-2H3/t16-,20+/m1/s1. The third-order valence-electron chi connectivity index (χ3n) is 5.06. The highest BCUT2D eigenvalue weighted by Crippen LogP contribution is 2.34. The molecule has 29 heavy (non-hydrogen) atoms. The van der Waals surface area contributed by atoms with Gasteiger partial charge < -0.3 is 14.7 Å². The summed E-state index contributed by atoms with van der Waals surface area (Å²) in [6.45, 7) is 6.55. The van der Waals surface area contributed by atoms with Crippen molar-refractivity contribution in [1.82, 2.24) is 9.80 Å². The van der Waals surface area contributed by atoms with Crippen LogP contribution in [0.15, 0.2) is 35.7 Å². The predicted octanol–water partition coefficient (Wildman–Crippen LogP) is 4.00. The molecule has 0 saturated carbocycles. The van der Waals surface area contributed by atoms with Crippen molar-refractivity contribution in [3.05, 3.63) is 51.2 Å². The molecular formula is C22H29ClN2O3S. The number of carbonyl (C=O) groups is 1. The lowest BCUT2D eigenvalue weighted by Gasteiger charge is -2.37. The van der Waals surface area contributed by atoms with Crippen molar-refractivity contribution in [2.45, 2.75) is 38.8 Å². The van der Waals surface area contributed by atoms with Crippen LogP contribution in [0.5, 0.6) is 5.75 Å². The molecule has 1 amide bonds. The summed E-state index contributed by atoms with van der Waals surface area (Å²) in [4.78, 5) is 18.5. The molecule has 3 rings (SSSR count). The van der Waals surface area contributed by atoms with Gasteiger partial charge in [0.1, 0.15) is 12.4 Å². The number of halogens is 1. The van der Waals surface area contributed by atoms with Crippen LogP contribution in [0.4, 0.5) is 0 Å². The molecule has 0 radical (unpaired) electrons. The Hall–Kier alpha value is -1.60. The number of amides is 1. The first-order chi connectivity index (χ1) is 14.0. The Labute approximate surface area is 181 Å². The third kappa shape index (κ3) is 5.95. The van der Waals surface area contributed by atoms with E-state index in [-0.39, 0.29) is 11.9 Å². The van der Waals surface area contributed by atoms with Crippen LogP contribution in [0, 0.1) is 0 Å². The maximum atomic E-state index is 13.2. The molecule has 0 unspecified atom stereocenters. The molecule has 0 saturated heterocycles. The Morgan fingerprint density at radius 2 is 2.14 bits per heavy atom. The number of aliphatic hydroxyl groups is 1. The summed E-state index contributed by atoms with van der Waals surface area (Å²) in [6.07, 6.45) is 1.36. The van der Waals surface area contributed by atoms with E-state index in [1.165, 1.54) is 10.4 Å². The second-order valence-corrected chi connectivity index (χ2v) is 8.94. The van der Waals surface area contributed by atoms with E-state index in [2.05, 4.69) is 18.4 Å². The van der Waals surface area contributed by atoms with E-state index >= 15 is 0 Å². The molecule has 2 atom stereocenters. The van der Waals surface area contributed by atoms with Crippen molar-refractivity contribution in [3.8, 4) is 5.75 Å². The maximum absolute atomic E-state index is 13.2. The molecule has 1 aliphatic rings. The largest absolute Gasteiger partial charge is 0.491 e. The van der Waals surface area contributed by atoms with Crippen molar-refractivity contribution in [2.75, 3.05) is 32.8 Å². The molecule has 2 heterocycles. The number of nitrogens with zero attached hydrogens (tertiary/aromatic N) is 2. The van der Waals surface area contributed by atoms with Gasteiger partial charge in [-0.2, -0.15) is 0 Å². The third-order valence-corrected chi connectivity index (χ3v) is 6.31. The van der Waals surface area contributed by atoms with Crippen molar-refractivity contribution < 1.29 is 14.6 Å². The molecule has 7 heteroatoms. The Morgan fingerprint density at radius 3 is 2.83 bits per heavy atom. The zero-order chi connectivity index (χ0) is 20.8. The molecule has 2 aromatic rings. The highest BCUT2D eigenvalue weighted by atomic mass is 35.5. The summed E-state index contributed by atoms with van der Waals surface area (Å²) in [5.74, 6) is 0.825. The summed E-state index contributed by atoms with van der Waals surface area (Å²) >= 11 is 7.70. The van der Waals surface area contributed by atoms with Gasteiger partial charge in [-0.25, -0.2) is 0 Å². The number of hydrogen-bond donors (Lipinski definition) is 1. The number of rotatable bonds is 9. The minimum absolute atomic E-state index is 0.0839. The molecule has 0 fully saturated rings. The fraction of sp³-hybridized carbons (Fsp3) is 0.500. The Bertz CT molecular complexity index is 794. The summed E-state index contributed by atoms with van der Waals surface area (Å²) < 4.78 is 6.02. The van der Waals surface area contributed by atoms with Crippen molar-refractivity contribution in [1.29, 1.82) is 0 Å². The minimum Gasteiger partial charge on any atom is -0.491 e. The Morgan fingerprint density at radius 1 is 1.38 bits per heavy atom. The smallest absolute Gasteiger partial charge is 0.237 e. The fourth-order valence-corrected chi connectivity index (χ4v) is 4.84. The second-order valence-electron chi connectivity index (χ2n) is 7.50. The van der Waals surface area contributed by atoms with E-state index < -0.39 is 6.10 Å². The summed E-state index contributed by atoms with van der Waals surface area (Å²) in [7, 11) is 0. The van der Waals surface area contributed by atoms with Gasteiger partial charge in [0.15, 0.2) is 0 Å². The van der Waals surface area contributed by atoms with Gasteiger partial charge >= 0.3 is 0 Å². The molecule has 0 bridgehead atoms. The average molecular weight is 437 g/mol. The Balaban J connectivity index is 1.73. The van der Waals surface area contributed by atoms with E-state index in [4.69, 9.17) is 16.3 Å². The number of aliphatic hydroxyl groups excluding tert-OH is 1. The lowest BCUT2D eigenvalue weighted by molar-refractivity contribution is -0.136. The first kappa shape index (κ1) is 22.1. The van der Waals surface area contributed by atoms with Crippen LogP contribution in [-0.4, -0.2) is 59.7 Å². The lowest BCUT2D eigenvalue weighted by Crippen LogP contribution is -2.47. The number of thiophene rings is 1. The van der Waals surface area contributed by atoms with Crippen molar-refractivity contribution in [3.63, 3.8) is 0 Å². The normalized spacial score (nSPS) is 17.3. The van der Waals surface area contributed by atoms with Crippen LogP contribution < -0.4 is 4.74 Å². The number of benzene rings is 1. The quantitative estimate of drug-likeness (QED) is 0.645. The highest BCUT2D eigenvalue weighted by Gasteiger charge is 2.32. The summed E-state index contributed by atoms with van der Waals surface area (Å²) in [6, 6.07) is 9.29. The molecular weight excluding hydrogens is 408 g/mol. The number of hydrogen-bond acceptors (Lipinski definition) is 5. The van der Waals surface area contributed by atoms with E-state index in [9.17, 15) is 9.90 Å². The molecule has 1 aromatic carbocycles. The zero-order valence-electron chi connectivity index (χ0n) is 17.0. The molecule has 0 aliphatic carbocycles. The van der Waals surface area contributed by atoms with Crippen LogP contribution in [0.3, 0.4) is 0 Å². The molecule has 1 aliphatic heterocycles. The van der Waals surface area contributed by atoms with E-state index in [0.717, 1.165) is 25.1 Å². The molecule has 5 nitrogen and oxygen atoms in total. The first-order valence-electron chi connectivity index (χ1n) is 10.1. The van der Waals surface area contributed by atoms with Crippen molar-refractivity contribution >= 4 is 28.8 Å². The number of carbonyl (C=O) groups excluding carboxylic acids is 1. The van der Waals surface area contributed by atoms with Gasteiger partial charge in [0.25, 0.3) is 0 Å². The van der Waals surface area contributed by atoms with Gasteiger partial charge in [-0.15, -0.1) is 11.3 Å². The van der Waals surface area contributed by atoms with Gasteiger partial charge in [-0.1, -0.05) is 18.5 Å². The lowest BCUT2D eigenvalue weighted by atomic mass is 10.0. The van der Waals surface area contributed by atoms with Gasteiger partial charge in [0.05, 0.1) is 18.7 Å². The van der Waals surface area contributed by atoms with Gasteiger partial charge in [0, 0.05) is 23.0 Å². The summed E-state index contributed by atoms with van der Waals surface area (Å²) in [5, 5.41) is 12.5. The van der Waals surface area contributed by atoms with E-state index in [0.29, 0.717) is 31.3 Å². The van der Waals surface area contributed by atoms with Crippen LogP contribution in [-0.2, 0) is 11.2 Å². The minimum atomic E-state index is -0.455. The highest BCUT2D eigenvalue weighted by molar-refractivity contribution is 7.10. The SMILES string of the molecule is CCCN(CC(=O)N1CCc2sccc2[C@@H]1COc1ccc(Cl)cc1)C[C@@H](C)O. The number of fused-ring (bicyclic) bond motifs is 1. The van der Waals surface area contributed by atoms with E-state index in [1.807, 2.05) is 21.9 Å². The van der Waals surface area contributed by atoms with Gasteiger partial charge in [0.2, 0.25) is 5.91 Å². The topological polar surface area (TPSA) is 53.0 Å². The summed E-state index contributed by atoms with van der Waals surface area (Å²) in [5.41, 5.74) is 1.18. The number of ether oxygens (including phenoxy) is 1. The second kappa shape index (κ2) is 10.4. The van der Waals surface area contributed by atoms with Crippen LogP contribution in [0.2, 0.25) is 5.02 Å².